The van der Waals surface area contributed by atoms with Crippen LogP contribution in [0, 0.1) is 0 Å². The second-order valence-electron chi connectivity index (χ2n) is 10.5. The van der Waals surface area contributed by atoms with Crippen LogP contribution in [0.5, 0.6) is 0 Å². The van der Waals surface area contributed by atoms with Gasteiger partial charge in [0.1, 0.15) is 0 Å². The van der Waals surface area contributed by atoms with Gasteiger partial charge in [0, 0.05) is 28.9 Å². The average Bonchev–Trinajstić information content (AvgIpc) is 2.79. The lowest BCUT2D eigenvalue weighted by molar-refractivity contribution is 0.00578. The molecule has 0 aromatic carbocycles. The van der Waals surface area contributed by atoms with Gasteiger partial charge >= 0.3 is 19.4 Å². The van der Waals surface area contributed by atoms with Crippen LogP contribution in [-0.4, -0.2) is 82.9 Å². The van der Waals surface area contributed by atoms with Crippen LogP contribution in [-0.2, 0) is 9.31 Å². The Balaban J connectivity index is 0.00000118. The van der Waals surface area contributed by atoms with E-state index >= 15 is 0 Å². The highest BCUT2D eigenvalue weighted by molar-refractivity contribution is 6.61. The number of carbonyl (C=O) groups excluding carboxylic acids is 1. The molecule has 1 amide bonds. The second-order valence-corrected chi connectivity index (χ2v) is 10.5. The minimum atomic E-state index is -1.83. The molecule has 0 radical (unpaired) electrons. The summed E-state index contributed by atoms with van der Waals surface area (Å²) in [5.74, 6) is -0.0133. The van der Waals surface area contributed by atoms with Gasteiger partial charge in [-0.1, -0.05) is 0 Å². The predicted octanol–water partition coefficient (Wildman–Crippen LogP) is 3.26. The number of rotatable bonds is 2. The van der Waals surface area contributed by atoms with Crippen LogP contribution in [0.2, 0.25) is 0 Å². The summed E-state index contributed by atoms with van der Waals surface area (Å²) in [6, 6.07) is 0. The van der Waals surface area contributed by atoms with Crippen LogP contribution < -0.4 is 5.46 Å². The highest BCUT2D eigenvalue weighted by atomic mass is 16.7. The van der Waals surface area contributed by atoms with E-state index < -0.39 is 30.6 Å². The first-order valence-electron chi connectivity index (χ1n) is 10.4. The summed E-state index contributed by atoms with van der Waals surface area (Å²) < 4.78 is 12.0. The van der Waals surface area contributed by atoms with Gasteiger partial charge in [-0.3, -0.25) is 4.79 Å². The highest BCUT2D eigenvalue weighted by Crippen LogP contribution is 2.36. The fourth-order valence-corrected chi connectivity index (χ4v) is 3.26. The number of aromatic nitrogens is 2. The molecule has 1 aliphatic rings. The lowest BCUT2D eigenvalue weighted by atomic mass is 9.81. The molecule has 0 bridgehead atoms. The standard InChI is InChI=1S/C19H32BN3O3.2CH2O3/c1-16(2,3)23(17(4,5)6)15(24)14-21-11-13(12-22-14)20-25-18(7,8)19(9,10)26-20;2*2-1(3)4/h11-12H,1-10H3;2*(H2,2,3,4). The zero-order valence-electron chi connectivity index (χ0n) is 21.4. The fraction of sp³-hybridized carbons (Fsp3) is 0.667. The van der Waals surface area contributed by atoms with Crippen molar-refractivity contribution < 1.29 is 44.1 Å². The molecular formula is C21H36BN3O9. The van der Waals surface area contributed by atoms with E-state index in [0.29, 0.717) is 5.46 Å². The summed E-state index contributed by atoms with van der Waals surface area (Å²) in [4.78, 5) is 40.5. The molecule has 2 heterocycles. The van der Waals surface area contributed by atoms with Gasteiger partial charge in [-0.25, -0.2) is 19.6 Å². The van der Waals surface area contributed by atoms with E-state index in [2.05, 4.69) is 9.97 Å². The molecule has 1 aliphatic heterocycles. The maximum atomic E-state index is 13.0. The van der Waals surface area contributed by atoms with Crippen molar-refractivity contribution in [1.82, 2.24) is 14.9 Å². The Morgan fingerprint density at radius 2 is 1.09 bits per heavy atom. The van der Waals surface area contributed by atoms with Gasteiger partial charge in [-0.2, -0.15) is 0 Å². The van der Waals surface area contributed by atoms with Crippen molar-refractivity contribution in [3.05, 3.63) is 18.2 Å². The zero-order chi connectivity index (χ0) is 27.3. The van der Waals surface area contributed by atoms with E-state index in [0.717, 1.165) is 0 Å². The quantitative estimate of drug-likeness (QED) is 0.452. The normalized spacial score (nSPS) is 16.4. The van der Waals surface area contributed by atoms with Crippen molar-refractivity contribution in [3.8, 4) is 0 Å². The van der Waals surface area contributed by atoms with Crippen LogP contribution >= 0.6 is 0 Å². The van der Waals surface area contributed by atoms with Crippen LogP contribution in [0.25, 0.3) is 0 Å². The van der Waals surface area contributed by atoms with Gasteiger partial charge in [-0.15, -0.1) is 0 Å². The molecule has 1 fully saturated rings. The SMILES string of the molecule is CC(C)(C)N(C(=O)c1ncc(B2OC(C)(C)C(C)(C)O2)cn1)C(C)(C)C.O=C(O)O.O=C(O)O. The largest absolute Gasteiger partial charge is 0.503 e. The minimum Gasteiger partial charge on any atom is -0.450 e. The molecule has 13 heteroatoms. The summed E-state index contributed by atoms with van der Waals surface area (Å²) in [7, 11) is -0.537. The monoisotopic (exact) mass is 485 g/mol. The number of hydrogen-bond donors (Lipinski definition) is 4. The topological polar surface area (TPSA) is 180 Å². The van der Waals surface area contributed by atoms with Gasteiger partial charge in [0.15, 0.2) is 0 Å². The van der Waals surface area contributed by atoms with Crippen molar-refractivity contribution in [2.75, 3.05) is 0 Å². The third kappa shape index (κ3) is 9.14. The molecule has 0 saturated carbocycles. The minimum absolute atomic E-state index is 0.176. The highest BCUT2D eigenvalue weighted by Gasteiger charge is 2.52. The van der Waals surface area contributed by atoms with Gasteiger partial charge in [0.25, 0.3) is 5.91 Å². The Kier molecular flexibility index (Phi) is 10.1. The molecule has 1 saturated heterocycles. The first-order valence-corrected chi connectivity index (χ1v) is 10.4. The maximum Gasteiger partial charge on any atom is 0.503 e. The summed E-state index contributed by atoms with van der Waals surface area (Å²) in [6.07, 6.45) is -0.433. The van der Waals surface area contributed by atoms with E-state index in [1.807, 2.05) is 74.1 Å². The molecule has 1 aromatic rings. The Hall–Kier alpha value is -2.93. The Morgan fingerprint density at radius 1 is 0.794 bits per heavy atom. The van der Waals surface area contributed by atoms with Crippen molar-refractivity contribution in [2.45, 2.75) is 91.5 Å². The third-order valence-corrected chi connectivity index (χ3v) is 4.93. The molecule has 1 aromatic heterocycles. The van der Waals surface area contributed by atoms with Crippen molar-refractivity contribution in [2.24, 2.45) is 0 Å². The van der Waals surface area contributed by atoms with Crippen molar-refractivity contribution in [3.63, 3.8) is 0 Å². The molecule has 192 valence electrons. The smallest absolute Gasteiger partial charge is 0.450 e. The second kappa shape index (κ2) is 11.0. The Labute approximate surface area is 200 Å². The average molecular weight is 485 g/mol. The van der Waals surface area contributed by atoms with Gasteiger partial charge in [0.2, 0.25) is 5.82 Å². The molecule has 0 unspecified atom stereocenters. The summed E-state index contributed by atoms with van der Waals surface area (Å²) in [5, 5.41) is 27.9. The Bertz CT molecular complexity index is 810. The van der Waals surface area contributed by atoms with Gasteiger partial charge in [0.05, 0.1) is 11.2 Å². The van der Waals surface area contributed by atoms with E-state index in [-0.39, 0.29) is 22.8 Å². The molecule has 0 spiro atoms. The molecule has 0 aliphatic carbocycles. The van der Waals surface area contributed by atoms with Gasteiger partial charge < -0.3 is 34.6 Å². The van der Waals surface area contributed by atoms with E-state index in [1.165, 1.54) is 0 Å². The molecule has 2 rings (SSSR count). The molecular weight excluding hydrogens is 449 g/mol. The lowest BCUT2D eigenvalue weighted by Gasteiger charge is -2.45. The molecule has 34 heavy (non-hydrogen) atoms. The van der Waals surface area contributed by atoms with E-state index in [9.17, 15) is 4.79 Å². The van der Waals surface area contributed by atoms with Crippen LogP contribution in [0.4, 0.5) is 9.59 Å². The lowest BCUT2D eigenvalue weighted by Crippen LogP contribution is -2.56. The van der Waals surface area contributed by atoms with Gasteiger partial charge in [-0.05, 0) is 69.2 Å². The first kappa shape index (κ1) is 31.1. The summed E-state index contributed by atoms with van der Waals surface area (Å²) >= 11 is 0. The summed E-state index contributed by atoms with van der Waals surface area (Å²) in [5.41, 5.74) is -0.840. The first-order chi connectivity index (χ1) is 15.0. The number of carboxylic acid groups (broad SMARTS) is 4. The number of amides is 1. The maximum absolute atomic E-state index is 13.0. The third-order valence-electron chi connectivity index (χ3n) is 4.93. The molecule has 12 nitrogen and oxygen atoms in total. The number of carbonyl (C=O) groups is 3. The van der Waals surface area contributed by atoms with Crippen molar-refractivity contribution >= 4 is 30.8 Å². The fourth-order valence-electron chi connectivity index (χ4n) is 3.26. The molecule has 4 N–H and O–H groups in total. The van der Waals surface area contributed by atoms with E-state index in [1.54, 1.807) is 12.4 Å². The summed E-state index contributed by atoms with van der Waals surface area (Å²) in [6.45, 7) is 20.0. The number of nitrogens with zero attached hydrogens (tertiary/aromatic N) is 3. The van der Waals surface area contributed by atoms with Crippen LogP contribution in [0.15, 0.2) is 12.4 Å². The van der Waals surface area contributed by atoms with E-state index in [4.69, 9.17) is 39.3 Å². The van der Waals surface area contributed by atoms with Crippen LogP contribution in [0.3, 0.4) is 0 Å². The van der Waals surface area contributed by atoms with Crippen LogP contribution in [0.1, 0.15) is 79.9 Å². The van der Waals surface area contributed by atoms with Crippen molar-refractivity contribution in [1.29, 1.82) is 0 Å². The Morgan fingerprint density at radius 3 is 1.35 bits per heavy atom. The number of hydrogen-bond acceptors (Lipinski definition) is 7. The molecule has 0 atom stereocenters. The predicted molar refractivity (Wildman–Crippen MR) is 125 cm³/mol. The zero-order valence-corrected chi connectivity index (χ0v) is 21.4.